The zero-order valence-electron chi connectivity index (χ0n) is 2.34. The van der Waals surface area contributed by atoms with E-state index in [-0.39, 0.29) is 0 Å². The minimum absolute atomic E-state index is 1.17. The van der Waals surface area contributed by atoms with E-state index >= 15 is 0 Å². The van der Waals surface area contributed by atoms with Gasteiger partial charge in [0.25, 0.3) is 0 Å². The predicted octanol–water partition coefficient (Wildman–Crippen LogP) is 2.78. The van der Waals surface area contributed by atoms with E-state index in [0.717, 1.165) is 0 Å². The SMILES string of the molecule is IC[C](I)I. The lowest BCUT2D eigenvalue weighted by molar-refractivity contribution is 1.85. The monoisotopic (exact) mass is 407 g/mol. The standard InChI is InChI=1S/C2H2I3/c3-1-2(4)5/h1H2. The second-order valence-electron chi connectivity index (χ2n) is 0.472. The molecule has 31 valence electrons. The minimum atomic E-state index is 1.17. The lowest BCUT2D eigenvalue weighted by atomic mass is 11.0. The van der Waals surface area contributed by atoms with E-state index < -0.39 is 0 Å². The van der Waals surface area contributed by atoms with Crippen LogP contribution in [-0.4, -0.2) is 4.43 Å². The summed E-state index contributed by atoms with van der Waals surface area (Å²) in [6, 6.07) is 0. The van der Waals surface area contributed by atoms with Crippen molar-refractivity contribution in [3.05, 3.63) is 1.93 Å². The molecule has 0 amide bonds. The van der Waals surface area contributed by atoms with Gasteiger partial charge in [-0.05, 0) is 0 Å². The van der Waals surface area contributed by atoms with E-state index in [1.54, 1.807) is 0 Å². The normalized spacial score (nSPS) is 9.60. The molecule has 0 aliphatic rings. The highest BCUT2D eigenvalue weighted by molar-refractivity contribution is 14.2. The van der Waals surface area contributed by atoms with Crippen LogP contribution in [-0.2, 0) is 0 Å². The largest absolute Gasteiger partial charge is 0.106 e. The van der Waals surface area contributed by atoms with Crippen LogP contribution in [0.25, 0.3) is 0 Å². The average Bonchev–Trinajstić information content (AvgIpc) is 1.38. The summed E-state index contributed by atoms with van der Waals surface area (Å²) in [5, 5.41) is 0. The van der Waals surface area contributed by atoms with Crippen molar-refractivity contribution in [2.75, 3.05) is 4.43 Å². The lowest BCUT2D eigenvalue weighted by Crippen LogP contribution is -1.65. The first-order valence-electron chi connectivity index (χ1n) is 0.999. The molecule has 1 radical (unpaired) electrons. The van der Waals surface area contributed by atoms with Crippen LogP contribution in [0.5, 0.6) is 0 Å². The van der Waals surface area contributed by atoms with Gasteiger partial charge in [0.2, 0.25) is 0 Å². The van der Waals surface area contributed by atoms with E-state index in [0.29, 0.717) is 0 Å². The Kier molecular flexibility index (Phi) is 6.26. The Labute approximate surface area is 72.9 Å². The Bertz CT molecular complexity index is 18.9. The fraction of sp³-hybridized carbons (Fsp3) is 0.500. The maximum absolute atomic E-state index is 2.33. The highest BCUT2D eigenvalue weighted by Crippen LogP contribution is 2.21. The molecule has 0 heterocycles. The number of alkyl halides is 1. The van der Waals surface area contributed by atoms with Gasteiger partial charge >= 0.3 is 0 Å². The lowest BCUT2D eigenvalue weighted by Gasteiger charge is -1.82. The van der Waals surface area contributed by atoms with Crippen molar-refractivity contribution in [1.82, 2.24) is 0 Å². The summed E-state index contributed by atoms with van der Waals surface area (Å²) in [4.78, 5) is 0. The minimum Gasteiger partial charge on any atom is -0.0840 e. The molecule has 0 saturated carbocycles. The third-order valence-electron chi connectivity index (χ3n) is 0.101. The Balaban J connectivity index is 2.54. The third kappa shape index (κ3) is 6.19. The molecule has 5 heavy (non-hydrogen) atoms. The van der Waals surface area contributed by atoms with Crippen molar-refractivity contribution in [3.63, 3.8) is 0 Å². The van der Waals surface area contributed by atoms with Gasteiger partial charge in [-0.2, -0.15) is 0 Å². The van der Waals surface area contributed by atoms with Gasteiger partial charge in [0.1, 0.15) is 1.93 Å². The molecule has 0 saturated heterocycles. The smallest absolute Gasteiger partial charge is 0.0840 e. The van der Waals surface area contributed by atoms with Gasteiger partial charge in [0.05, 0.1) is 0 Å². The molecule has 0 aromatic carbocycles. The van der Waals surface area contributed by atoms with Crippen molar-refractivity contribution in [2.45, 2.75) is 0 Å². The zero-order chi connectivity index (χ0) is 4.28. The zero-order valence-corrected chi connectivity index (χ0v) is 8.81. The van der Waals surface area contributed by atoms with Crippen LogP contribution in [0.3, 0.4) is 0 Å². The summed E-state index contributed by atoms with van der Waals surface area (Å²) >= 11 is 6.93. The molecule has 0 aromatic heterocycles. The summed E-state index contributed by atoms with van der Waals surface area (Å²) in [5.41, 5.74) is 0. The molecule has 0 nitrogen and oxygen atoms in total. The van der Waals surface area contributed by atoms with Crippen LogP contribution in [0.15, 0.2) is 0 Å². The summed E-state index contributed by atoms with van der Waals surface area (Å²) < 4.78 is 2.60. The molecular formula is C2H2I3. The summed E-state index contributed by atoms with van der Waals surface area (Å²) in [5.74, 6) is 0. The Morgan fingerprint density at radius 3 is 1.60 bits per heavy atom. The van der Waals surface area contributed by atoms with Crippen LogP contribution in [0.2, 0.25) is 0 Å². The molecule has 0 atom stereocenters. The molecule has 0 fully saturated rings. The van der Waals surface area contributed by atoms with Crippen LogP contribution in [0.4, 0.5) is 0 Å². The number of halogens is 3. The Morgan fingerprint density at radius 1 is 1.40 bits per heavy atom. The van der Waals surface area contributed by atoms with Gasteiger partial charge in [-0.3, -0.25) is 0 Å². The van der Waals surface area contributed by atoms with Gasteiger partial charge in [-0.1, -0.05) is 67.8 Å². The van der Waals surface area contributed by atoms with Crippen molar-refractivity contribution in [3.8, 4) is 0 Å². The summed E-state index contributed by atoms with van der Waals surface area (Å²) in [7, 11) is 0. The molecule has 0 spiro atoms. The van der Waals surface area contributed by atoms with E-state index in [1.807, 2.05) is 0 Å². The van der Waals surface area contributed by atoms with E-state index in [9.17, 15) is 0 Å². The molecule has 0 aromatic rings. The van der Waals surface area contributed by atoms with Crippen molar-refractivity contribution >= 4 is 67.8 Å². The van der Waals surface area contributed by atoms with E-state index in [1.165, 1.54) is 6.36 Å². The third-order valence-corrected chi connectivity index (χ3v) is 4.55. The maximum Gasteiger partial charge on any atom is 0.106 e. The topological polar surface area (TPSA) is 0 Å². The molecule has 0 aliphatic carbocycles. The van der Waals surface area contributed by atoms with Gasteiger partial charge in [0, 0.05) is 4.43 Å². The van der Waals surface area contributed by atoms with Crippen LogP contribution >= 0.6 is 67.8 Å². The first kappa shape index (κ1) is 7.19. The molecular weight excluding hydrogens is 405 g/mol. The quantitative estimate of drug-likeness (QED) is 0.464. The Morgan fingerprint density at radius 2 is 1.60 bits per heavy atom. The number of rotatable bonds is 1. The highest BCUT2D eigenvalue weighted by Gasteiger charge is 1.88. The summed E-state index contributed by atoms with van der Waals surface area (Å²) in [6.07, 6.45) is 0. The molecule has 0 aliphatic heterocycles. The van der Waals surface area contributed by atoms with Crippen LogP contribution in [0.1, 0.15) is 0 Å². The van der Waals surface area contributed by atoms with Crippen molar-refractivity contribution in [1.29, 1.82) is 0 Å². The molecule has 0 bridgehead atoms. The van der Waals surface area contributed by atoms with Crippen molar-refractivity contribution < 1.29 is 0 Å². The molecule has 0 unspecified atom stereocenters. The second kappa shape index (κ2) is 4.35. The van der Waals surface area contributed by atoms with Gasteiger partial charge < -0.3 is 0 Å². The molecule has 0 N–H and O–H groups in total. The fourth-order valence-electron chi connectivity index (χ4n) is 0. The van der Waals surface area contributed by atoms with Crippen molar-refractivity contribution in [2.24, 2.45) is 0 Å². The first-order valence-corrected chi connectivity index (χ1v) is 4.68. The van der Waals surface area contributed by atoms with E-state index in [4.69, 9.17) is 0 Å². The van der Waals surface area contributed by atoms with E-state index in [2.05, 4.69) is 67.8 Å². The highest BCUT2D eigenvalue weighted by atomic mass is 127. The van der Waals surface area contributed by atoms with Gasteiger partial charge in [-0.25, -0.2) is 0 Å². The average molecular weight is 407 g/mol. The molecule has 0 rings (SSSR count). The van der Waals surface area contributed by atoms with Gasteiger partial charge in [0.15, 0.2) is 0 Å². The Hall–Kier alpha value is 2.19. The first-order chi connectivity index (χ1) is 2.27. The summed E-state index contributed by atoms with van der Waals surface area (Å²) in [6.45, 7) is 0. The maximum atomic E-state index is 2.33. The fourth-order valence-corrected chi connectivity index (χ4v) is 0. The molecule has 3 heteroatoms. The predicted molar refractivity (Wildman–Crippen MR) is 50.2 cm³/mol. The second-order valence-corrected chi connectivity index (χ2v) is 5.90. The number of hydrogen-bond donors (Lipinski definition) is 0. The van der Waals surface area contributed by atoms with Crippen LogP contribution in [0, 0.1) is 1.93 Å². The van der Waals surface area contributed by atoms with Crippen LogP contribution < -0.4 is 0 Å². The van der Waals surface area contributed by atoms with Gasteiger partial charge in [-0.15, -0.1) is 0 Å². The number of hydrogen-bond acceptors (Lipinski definition) is 0.